The van der Waals surface area contributed by atoms with Crippen molar-refractivity contribution < 1.29 is 74.4 Å². The molecule has 5 rings (SSSR count). The first-order valence-corrected chi connectivity index (χ1v) is 13.4. The molecule has 43 heavy (non-hydrogen) atoms. The first-order valence-electron chi connectivity index (χ1n) is 13.4. The highest BCUT2D eigenvalue weighted by atomic mass is 16.7. The van der Waals surface area contributed by atoms with Gasteiger partial charge in [0, 0.05) is 18.2 Å². The Morgan fingerprint density at radius 3 is 2.19 bits per heavy atom. The molecule has 0 radical (unpaired) electrons. The van der Waals surface area contributed by atoms with Gasteiger partial charge in [0.2, 0.25) is 24.4 Å². The van der Waals surface area contributed by atoms with Crippen LogP contribution in [0.25, 0.3) is 5.76 Å². The monoisotopic (exact) mass is 611 g/mol. The van der Waals surface area contributed by atoms with Crippen molar-refractivity contribution in [3.63, 3.8) is 0 Å². The van der Waals surface area contributed by atoms with Crippen molar-refractivity contribution in [2.75, 3.05) is 13.7 Å². The standard InChI is InChI=1S/C28H34O15/c1-10-20(32)22(34)24(36)27(39-10)42-18-8-13-15(40-26(18)11-3-4-14(31)17(5-11)38-2)6-12(30)7-16(13)41-28-25(37)23(35)21(33)19(9-29)43-28/h3-8,10,15,19-25,27-37H,9H2,1-2H3/p+1. The molecule has 0 spiro atoms. The van der Waals surface area contributed by atoms with Gasteiger partial charge in [0.15, 0.2) is 11.5 Å². The predicted octanol–water partition coefficient (Wildman–Crippen LogP) is -2.09. The fraction of sp³-hybridized carbons (Fsp3) is 0.500. The van der Waals surface area contributed by atoms with Gasteiger partial charge < -0.3 is 74.4 Å². The third-order valence-electron chi connectivity index (χ3n) is 7.60. The summed E-state index contributed by atoms with van der Waals surface area (Å²) in [5.41, 5.74) is 0.649. The van der Waals surface area contributed by atoms with Gasteiger partial charge in [-0.3, -0.25) is 0 Å². The number of benzene rings is 1. The Morgan fingerprint density at radius 2 is 1.51 bits per heavy atom. The van der Waals surface area contributed by atoms with E-state index in [1.807, 2.05) is 0 Å². The lowest BCUT2D eigenvalue weighted by Crippen LogP contribution is -2.59. The highest BCUT2D eigenvalue weighted by Crippen LogP contribution is 2.40. The number of aliphatic hydroxyl groups excluding tert-OH is 8. The molecule has 1 aromatic carbocycles. The molecule has 236 valence electrons. The van der Waals surface area contributed by atoms with E-state index in [1.54, 1.807) is 0 Å². The minimum atomic E-state index is -1.74. The van der Waals surface area contributed by atoms with Crippen LogP contribution in [0.15, 0.2) is 59.3 Å². The summed E-state index contributed by atoms with van der Waals surface area (Å²) in [6, 6.07) is 4.36. The number of aromatic hydroxyl groups is 1. The number of aliphatic hydroxyl groups is 10. The van der Waals surface area contributed by atoms with Crippen LogP contribution in [0.1, 0.15) is 12.5 Å². The van der Waals surface area contributed by atoms with E-state index >= 15 is 0 Å². The second-order valence-electron chi connectivity index (χ2n) is 10.5. The number of fused-ring (bicyclic) bond motifs is 1. The highest BCUT2D eigenvalue weighted by Gasteiger charge is 2.47. The predicted molar refractivity (Wildman–Crippen MR) is 143 cm³/mol. The molecule has 1 aromatic rings. The summed E-state index contributed by atoms with van der Waals surface area (Å²) in [5.74, 6) is -0.230. The number of methoxy groups -OCH3 is 1. The van der Waals surface area contributed by atoms with Gasteiger partial charge in [-0.25, -0.2) is 0 Å². The molecular weight excluding hydrogens is 576 g/mol. The van der Waals surface area contributed by atoms with Crippen LogP contribution in [0.5, 0.6) is 11.5 Å². The first kappa shape index (κ1) is 31.1. The third kappa shape index (κ3) is 5.91. The molecule has 0 bridgehead atoms. The smallest absolute Gasteiger partial charge is 0.305 e. The van der Waals surface area contributed by atoms with E-state index in [-0.39, 0.29) is 40.1 Å². The van der Waals surface area contributed by atoms with Crippen molar-refractivity contribution in [3.8, 4) is 11.5 Å². The molecule has 0 aromatic heterocycles. The van der Waals surface area contributed by atoms with Gasteiger partial charge in [0.1, 0.15) is 54.2 Å². The molecule has 3 aliphatic heterocycles. The third-order valence-corrected chi connectivity index (χ3v) is 7.60. The molecule has 0 saturated carbocycles. The molecule has 11 atom stereocenters. The van der Waals surface area contributed by atoms with Crippen molar-refractivity contribution in [2.45, 2.75) is 74.4 Å². The van der Waals surface area contributed by atoms with Crippen LogP contribution in [0.4, 0.5) is 0 Å². The molecule has 0 amide bonds. The van der Waals surface area contributed by atoms with E-state index < -0.39 is 74.1 Å². The highest BCUT2D eigenvalue weighted by molar-refractivity contribution is 5.69. The van der Waals surface area contributed by atoms with Crippen LogP contribution in [-0.2, 0) is 18.9 Å². The molecule has 1 aliphatic carbocycles. The maximum absolute atomic E-state index is 10.6. The van der Waals surface area contributed by atoms with Crippen LogP contribution >= 0.6 is 0 Å². The second-order valence-corrected chi connectivity index (χ2v) is 10.5. The van der Waals surface area contributed by atoms with Crippen LogP contribution in [-0.4, -0.2) is 132 Å². The average molecular weight is 612 g/mol. The van der Waals surface area contributed by atoms with Gasteiger partial charge in [-0.1, -0.05) is 0 Å². The van der Waals surface area contributed by atoms with E-state index in [2.05, 4.69) is 4.74 Å². The molecular formula is C28H35O15+. The number of phenolic OH excluding ortho intramolecular Hbond substituents is 1. The van der Waals surface area contributed by atoms with Crippen molar-refractivity contribution in [3.05, 3.63) is 64.8 Å². The number of phenols is 1. The van der Waals surface area contributed by atoms with E-state index in [4.69, 9.17) is 23.7 Å². The molecule has 15 heteroatoms. The van der Waals surface area contributed by atoms with E-state index in [0.29, 0.717) is 5.56 Å². The zero-order chi connectivity index (χ0) is 31.2. The quantitative estimate of drug-likeness (QED) is 0.150. The lowest BCUT2D eigenvalue weighted by Gasteiger charge is -2.41. The van der Waals surface area contributed by atoms with Gasteiger partial charge in [0.05, 0.1) is 37.0 Å². The lowest BCUT2D eigenvalue weighted by molar-refractivity contribution is -0.291. The number of rotatable bonds is 7. The summed E-state index contributed by atoms with van der Waals surface area (Å²) in [4.78, 5) is 0. The van der Waals surface area contributed by atoms with Crippen LogP contribution in [0.2, 0.25) is 0 Å². The zero-order valence-corrected chi connectivity index (χ0v) is 23.0. The Bertz CT molecular complexity index is 1320. The maximum atomic E-state index is 10.6. The number of hydrogen-bond acceptors (Lipinski definition) is 14. The minimum Gasteiger partial charge on any atom is -0.571 e. The largest absolute Gasteiger partial charge is 0.571 e. The van der Waals surface area contributed by atoms with E-state index in [0.717, 1.165) is 0 Å². The SMILES string of the molecule is COc1cc(C2=C(OC3OC(C)C(O)C(O)C3O)C=C3C(OC4OC(CO)C(O)C(O)C4O)=CC(O)=CC3[OH+]2)ccc1O. The number of allylic oxidation sites excluding steroid dienone is 2. The summed E-state index contributed by atoms with van der Waals surface area (Å²) >= 11 is 0. The Hall–Kier alpha value is -3.38. The number of hydrogen-bond donors (Lipinski definition) is 9. The normalized spacial score (nSPS) is 37.8. The Balaban J connectivity index is 1.54. The Morgan fingerprint density at radius 1 is 0.837 bits per heavy atom. The molecule has 15 nitrogen and oxygen atoms in total. The molecule has 10 N–H and O–H groups in total. The molecule has 2 saturated heterocycles. The zero-order valence-electron chi connectivity index (χ0n) is 23.0. The van der Waals surface area contributed by atoms with E-state index in [9.17, 15) is 46.0 Å². The van der Waals surface area contributed by atoms with Gasteiger partial charge in [-0.2, -0.15) is 0 Å². The summed E-state index contributed by atoms with van der Waals surface area (Å²) in [6.07, 6.45) is -11.8. The Kier molecular flexibility index (Phi) is 8.89. The van der Waals surface area contributed by atoms with Crippen molar-refractivity contribution >= 4 is 5.76 Å². The summed E-state index contributed by atoms with van der Waals surface area (Å²) in [6.45, 7) is 0.804. The summed E-state index contributed by atoms with van der Waals surface area (Å²) in [7, 11) is 1.36. The maximum Gasteiger partial charge on any atom is 0.305 e. The topological polar surface area (TPSA) is 241 Å². The first-order chi connectivity index (χ1) is 20.4. The van der Waals surface area contributed by atoms with E-state index in [1.165, 1.54) is 50.5 Å². The minimum absolute atomic E-state index is 0.0167. The fourth-order valence-electron chi connectivity index (χ4n) is 5.10. The van der Waals surface area contributed by atoms with Gasteiger partial charge in [-0.05, 0) is 19.1 Å². The van der Waals surface area contributed by atoms with Crippen LogP contribution < -0.4 is 4.74 Å². The van der Waals surface area contributed by atoms with Gasteiger partial charge >= 0.3 is 5.76 Å². The van der Waals surface area contributed by atoms with Crippen molar-refractivity contribution in [2.24, 2.45) is 0 Å². The molecule has 2 fully saturated rings. The number of ether oxygens (including phenoxy) is 6. The summed E-state index contributed by atoms with van der Waals surface area (Å²) in [5, 5.41) is 92.0. The van der Waals surface area contributed by atoms with Crippen molar-refractivity contribution in [1.29, 1.82) is 0 Å². The van der Waals surface area contributed by atoms with Crippen LogP contribution in [0, 0.1) is 0 Å². The molecule has 11 unspecified atom stereocenters. The lowest BCUT2D eigenvalue weighted by atomic mass is 9.96. The van der Waals surface area contributed by atoms with Crippen molar-refractivity contribution in [1.82, 2.24) is 0 Å². The Labute approximate surface area is 245 Å². The summed E-state index contributed by atoms with van der Waals surface area (Å²) < 4.78 is 32.8. The van der Waals surface area contributed by atoms with Gasteiger partial charge in [0.25, 0.3) is 0 Å². The van der Waals surface area contributed by atoms with Gasteiger partial charge in [-0.15, -0.1) is 0 Å². The average Bonchev–Trinajstić information content (AvgIpc) is 2.99. The molecule has 3 heterocycles. The second kappa shape index (κ2) is 12.3. The van der Waals surface area contributed by atoms with Crippen LogP contribution in [0.3, 0.4) is 0 Å². The molecule has 4 aliphatic rings. The fourth-order valence-corrected chi connectivity index (χ4v) is 5.10.